The third-order valence-corrected chi connectivity index (χ3v) is 2.01. The average molecular weight is 256 g/mol. The van der Waals surface area contributed by atoms with E-state index in [4.69, 9.17) is 4.74 Å². The average Bonchev–Trinajstić information content (AvgIpc) is 2.29. The number of halogens is 1. The van der Waals surface area contributed by atoms with Crippen LogP contribution in [0.1, 0.15) is 13.3 Å². The number of nitrogens with one attached hydrogen (secondary N) is 1. The molecule has 0 aliphatic heterocycles. The summed E-state index contributed by atoms with van der Waals surface area (Å²) in [6, 6.07) is 2.86. The maximum atomic E-state index is 13.0. The van der Waals surface area contributed by atoms with Crippen LogP contribution in [0.5, 0.6) is 0 Å². The predicted octanol–water partition coefficient (Wildman–Crippen LogP) is 2.10. The van der Waals surface area contributed by atoms with E-state index in [1.165, 1.54) is 0 Å². The molecule has 0 aliphatic carbocycles. The van der Waals surface area contributed by atoms with Crippen LogP contribution in [0.25, 0.3) is 0 Å². The minimum Gasteiger partial charge on any atom is -0.372 e. The fraction of sp³-hybridized carbons (Fsp3) is 0.364. The standard InChI is InChI=1S/C11H13FN2O4/c1-2-5-18-7-11(15)13-9-6-8(12)3-4-10(9)14(16)17/h3-4,6H,2,5,7H2,1H3,(H,13,15). The Bertz CT molecular complexity index is 451. The molecule has 1 amide bonds. The summed E-state index contributed by atoms with van der Waals surface area (Å²) in [6.45, 7) is 2.08. The Labute approximate surface area is 103 Å². The fourth-order valence-corrected chi connectivity index (χ4v) is 1.26. The quantitative estimate of drug-likeness (QED) is 0.480. The van der Waals surface area contributed by atoms with Gasteiger partial charge in [0.15, 0.2) is 0 Å². The van der Waals surface area contributed by atoms with Gasteiger partial charge in [-0.15, -0.1) is 0 Å². The fourth-order valence-electron chi connectivity index (χ4n) is 1.26. The van der Waals surface area contributed by atoms with E-state index in [-0.39, 0.29) is 18.0 Å². The summed E-state index contributed by atoms with van der Waals surface area (Å²) in [5.74, 6) is -1.22. The van der Waals surface area contributed by atoms with Gasteiger partial charge in [0.25, 0.3) is 11.6 Å². The lowest BCUT2D eigenvalue weighted by molar-refractivity contribution is -0.384. The number of hydrogen-bond donors (Lipinski definition) is 1. The van der Waals surface area contributed by atoms with Crippen LogP contribution in [0.4, 0.5) is 15.8 Å². The first-order valence-corrected chi connectivity index (χ1v) is 5.36. The summed E-state index contributed by atoms with van der Waals surface area (Å²) in [4.78, 5) is 21.4. The maximum absolute atomic E-state index is 13.0. The summed E-state index contributed by atoms with van der Waals surface area (Å²) < 4.78 is 17.9. The van der Waals surface area contributed by atoms with Crippen LogP contribution in [-0.4, -0.2) is 24.0 Å². The van der Waals surface area contributed by atoms with Gasteiger partial charge in [0.2, 0.25) is 0 Å². The topological polar surface area (TPSA) is 81.5 Å². The molecule has 0 saturated heterocycles. The van der Waals surface area contributed by atoms with E-state index in [1.807, 2.05) is 6.92 Å². The summed E-state index contributed by atoms with van der Waals surface area (Å²) >= 11 is 0. The predicted molar refractivity (Wildman–Crippen MR) is 62.8 cm³/mol. The van der Waals surface area contributed by atoms with Crippen molar-refractivity contribution in [2.24, 2.45) is 0 Å². The summed E-state index contributed by atoms with van der Waals surface area (Å²) in [6.07, 6.45) is 0.757. The van der Waals surface area contributed by atoms with Crippen LogP contribution in [0.3, 0.4) is 0 Å². The highest BCUT2D eigenvalue weighted by Gasteiger charge is 2.16. The van der Waals surface area contributed by atoms with E-state index >= 15 is 0 Å². The van der Waals surface area contributed by atoms with E-state index in [1.54, 1.807) is 0 Å². The van der Waals surface area contributed by atoms with Crippen LogP contribution >= 0.6 is 0 Å². The van der Waals surface area contributed by atoms with E-state index < -0.39 is 16.6 Å². The normalized spacial score (nSPS) is 10.1. The number of nitrogens with zero attached hydrogens (tertiary/aromatic N) is 1. The van der Waals surface area contributed by atoms with Gasteiger partial charge in [0.1, 0.15) is 18.1 Å². The van der Waals surface area contributed by atoms with Crippen LogP contribution < -0.4 is 5.32 Å². The molecule has 0 bridgehead atoms. The molecule has 0 fully saturated rings. The highest BCUT2D eigenvalue weighted by molar-refractivity contribution is 5.93. The molecule has 1 N–H and O–H groups in total. The largest absolute Gasteiger partial charge is 0.372 e. The van der Waals surface area contributed by atoms with Gasteiger partial charge in [-0.1, -0.05) is 6.92 Å². The summed E-state index contributed by atoms with van der Waals surface area (Å²) in [5, 5.41) is 12.9. The summed E-state index contributed by atoms with van der Waals surface area (Å²) in [5.41, 5.74) is -0.537. The van der Waals surface area contributed by atoms with Crippen molar-refractivity contribution in [3.05, 3.63) is 34.1 Å². The van der Waals surface area contributed by atoms with Crippen LogP contribution in [0.2, 0.25) is 0 Å². The Kier molecular flexibility index (Phi) is 5.19. The van der Waals surface area contributed by atoms with Crippen LogP contribution in [0.15, 0.2) is 18.2 Å². The Morgan fingerprint density at radius 2 is 2.28 bits per heavy atom. The number of hydrogen-bond acceptors (Lipinski definition) is 4. The molecule has 0 heterocycles. The Morgan fingerprint density at radius 3 is 2.89 bits per heavy atom. The number of nitro benzene ring substituents is 1. The van der Waals surface area contributed by atoms with Gasteiger partial charge >= 0.3 is 0 Å². The van der Waals surface area contributed by atoms with E-state index in [0.717, 1.165) is 24.6 Å². The first-order chi connectivity index (χ1) is 8.54. The molecule has 0 radical (unpaired) electrons. The second kappa shape index (κ2) is 6.65. The summed E-state index contributed by atoms with van der Waals surface area (Å²) in [7, 11) is 0. The molecule has 1 rings (SSSR count). The van der Waals surface area contributed by atoms with Gasteiger partial charge in [0, 0.05) is 18.7 Å². The molecule has 98 valence electrons. The molecular weight excluding hydrogens is 243 g/mol. The molecule has 6 nitrogen and oxygen atoms in total. The lowest BCUT2D eigenvalue weighted by atomic mass is 10.2. The number of amides is 1. The molecule has 0 atom stereocenters. The van der Waals surface area contributed by atoms with Crippen molar-refractivity contribution in [1.29, 1.82) is 0 Å². The molecule has 0 spiro atoms. The van der Waals surface area contributed by atoms with E-state index in [0.29, 0.717) is 6.61 Å². The first kappa shape index (κ1) is 14.0. The number of carbonyl (C=O) groups is 1. The molecule has 0 saturated carbocycles. The monoisotopic (exact) mass is 256 g/mol. The van der Waals surface area contributed by atoms with Crippen molar-refractivity contribution in [2.75, 3.05) is 18.5 Å². The number of ether oxygens (including phenoxy) is 1. The van der Waals surface area contributed by atoms with Gasteiger partial charge in [-0.3, -0.25) is 14.9 Å². The lowest BCUT2D eigenvalue weighted by Gasteiger charge is -2.06. The zero-order valence-corrected chi connectivity index (χ0v) is 9.81. The van der Waals surface area contributed by atoms with Gasteiger partial charge in [0.05, 0.1) is 4.92 Å². The van der Waals surface area contributed by atoms with Gasteiger partial charge in [-0.2, -0.15) is 0 Å². The minimum absolute atomic E-state index is 0.176. The number of rotatable bonds is 6. The van der Waals surface area contributed by atoms with E-state index in [9.17, 15) is 19.3 Å². The zero-order valence-electron chi connectivity index (χ0n) is 9.81. The Morgan fingerprint density at radius 1 is 1.56 bits per heavy atom. The first-order valence-electron chi connectivity index (χ1n) is 5.36. The van der Waals surface area contributed by atoms with Crippen molar-refractivity contribution >= 4 is 17.3 Å². The van der Waals surface area contributed by atoms with Crippen molar-refractivity contribution in [2.45, 2.75) is 13.3 Å². The highest BCUT2D eigenvalue weighted by Crippen LogP contribution is 2.24. The molecule has 0 aromatic heterocycles. The third-order valence-electron chi connectivity index (χ3n) is 2.01. The smallest absolute Gasteiger partial charge is 0.292 e. The molecule has 7 heteroatoms. The molecule has 0 aliphatic rings. The van der Waals surface area contributed by atoms with Crippen LogP contribution in [0, 0.1) is 15.9 Å². The number of nitro groups is 1. The molecular formula is C11H13FN2O4. The maximum Gasteiger partial charge on any atom is 0.292 e. The van der Waals surface area contributed by atoms with Gasteiger partial charge in [-0.25, -0.2) is 4.39 Å². The second-order valence-electron chi connectivity index (χ2n) is 3.52. The number of benzene rings is 1. The lowest BCUT2D eigenvalue weighted by Crippen LogP contribution is -2.19. The Balaban J connectivity index is 2.73. The van der Waals surface area contributed by atoms with Gasteiger partial charge < -0.3 is 10.1 Å². The van der Waals surface area contributed by atoms with Crippen LogP contribution in [-0.2, 0) is 9.53 Å². The Hall–Kier alpha value is -2.02. The zero-order chi connectivity index (χ0) is 13.5. The van der Waals surface area contributed by atoms with Crippen molar-refractivity contribution in [1.82, 2.24) is 0 Å². The number of carbonyl (C=O) groups excluding carboxylic acids is 1. The highest BCUT2D eigenvalue weighted by atomic mass is 19.1. The molecule has 1 aromatic rings. The van der Waals surface area contributed by atoms with Crippen molar-refractivity contribution in [3.63, 3.8) is 0 Å². The van der Waals surface area contributed by atoms with Crippen molar-refractivity contribution < 1.29 is 18.8 Å². The van der Waals surface area contributed by atoms with Gasteiger partial charge in [-0.05, 0) is 12.5 Å². The second-order valence-corrected chi connectivity index (χ2v) is 3.52. The van der Waals surface area contributed by atoms with Crippen molar-refractivity contribution in [3.8, 4) is 0 Å². The molecule has 18 heavy (non-hydrogen) atoms. The molecule has 1 aromatic carbocycles. The minimum atomic E-state index is -0.693. The third kappa shape index (κ3) is 4.10. The SMILES string of the molecule is CCCOCC(=O)Nc1cc(F)ccc1[N+](=O)[O-]. The van der Waals surface area contributed by atoms with E-state index in [2.05, 4.69) is 5.32 Å². The number of anilines is 1. The molecule has 0 unspecified atom stereocenters.